The van der Waals surface area contributed by atoms with E-state index in [0.29, 0.717) is 24.7 Å². The number of carbonyl (C=O) groups is 1. The highest BCUT2D eigenvalue weighted by Gasteiger charge is 2.10. The molecule has 8 nitrogen and oxygen atoms in total. The average molecular weight is 526 g/mol. The molecule has 0 aromatic heterocycles. The molecule has 0 saturated heterocycles. The molecule has 0 aliphatic carbocycles. The van der Waals surface area contributed by atoms with Gasteiger partial charge in [0.1, 0.15) is 15.6 Å². The van der Waals surface area contributed by atoms with Crippen molar-refractivity contribution < 1.29 is 17.9 Å². The van der Waals surface area contributed by atoms with E-state index in [1.54, 1.807) is 27.2 Å². The molecule has 0 radical (unpaired) electrons. The molecular formula is C18H31IN4O4S. The maximum atomic E-state index is 11.6. The maximum Gasteiger partial charge on any atom is 0.259 e. The smallest absolute Gasteiger partial charge is 0.259 e. The highest BCUT2D eigenvalue weighted by molar-refractivity contribution is 14.0. The van der Waals surface area contributed by atoms with Crippen LogP contribution in [-0.2, 0) is 21.2 Å². The third-order valence-corrected chi connectivity index (χ3v) is 4.73. The van der Waals surface area contributed by atoms with E-state index < -0.39 is 9.84 Å². The summed E-state index contributed by atoms with van der Waals surface area (Å²) in [5, 5.41) is 6.35. The minimum atomic E-state index is -2.98. The van der Waals surface area contributed by atoms with Gasteiger partial charge in [-0.25, -0.2) is 8.42 Å². The summed E-state index contributed by atoms with van der Waals surface area (Å²) in [6, 6.07) is 7.42. The average Bonchev–Trinajstić information content (AvgIpc) is 2.61. The molecule has 160 valence electrons. The van der Waals surface area contributed by atoms with Gasteiger partial charge in [-0.2, -0.15) is 0 Å². The summed E-state index contributed by atoms with van der Waals surface area (Å²) in [4.78, 5) is 17.2. The zero-order valence-corrected chi connectivity index (χ0v) is 20.2. The van der Waals surface area contributed by atoms with E-state index in [4.69, 9.17) is 4.74 Å². The number of carbonyl (C=O) groups excluding carboxylic acids is 1. The van der Waals surface area contributed by atoms with Crippen LogP contribution in [0.2, 0.25) is 0 Å². The van der Waals surface area contributed by atoms with Crippen LogP contribution >= 0.6 is 24.0 Å². The third kappa shape index (κ3) is 11.3. The molecule has 1 amide bonds. The summed E-state index contributed by atoms with van der Waals surface area (Å²) in [7, 11) is 2.04. The molecule has 0 fully saturated rings. The van der Waals surface area contributed by atoms with Gasteiger partial charge in [-0.15, -0.1) is 24.0 Å². The maximum absolute atomic E-state index is 11.6. The molecule has 10 heteroatoms. The molecule has 0 heterocycles. The van der Waals surface area contributed by atoms with Crippen LogP contribution in [-0.4, -0.2) is 71.0 Å². The number of ether oxygens (including phenoxy) is 1. The lowest BCUT2D eigenvalue weighted by atomic mass is 10.2. The van der Waals surface area contributed by atoms with Crippen molar-refractivity contribution in [1.82, 2.24) is 15.5 Å². The van der Waals surface area contributed by atoms with Crippen LogP contribution in [0.4, 0.5) is 0 Å². The minimum absolute atomic E-state index is 0. The summed E-state index contributed by atoms with van der Waals surface area (Å²) >= 11 is 0. The zero-order valence-electron chi connectivity index (χ0n) is 17.1. The van der Waals surface area contributed by atoms with Gasteiger partial charge in [0.25, 0.3) is 5.91 Å². The van der Waals surface area contributed by atoms with Crippen LogP contribution in [0, 0.1) is 0 Å². The van der Waals surface area contributed by atoms with Crippen molar-refractivity contribution in [1.29, 1.82) is 0 Å². The number of hydrogen-bond donors (Lipinski definition) is 2. The van der Waals surface area contributed by atoms with E-state index >= 15 is 0 Å². The Labute approximate surface area is 185 Å². The van der Waals surface area contributed by atoms with Gasteiger partial charge in [0, 0.05) is 40.0 Å². The van der Waals surface area contributed by atoms with Crippen molar-refractivity contribution in [2.75, 3.05) is 39.8 Å². The number of amides is 1. The first-order valence-corrected chi connectivity index (χ1v) is 10.7. The minimum Gasteiger partial charge on any atom is -0.484 e. The van der Waals surface area contributed by atoms with Gasteiger partial charge in [-0.3, -0.25) is 9.79 Å². The first-order chi connectivity index (χ1) is 12.6. The van der Waals surface area contributed by atoms with Crippen molar-refractivity contribution in [3.63, 3.8) is 0 Å². The van der Waals surface area contributed by atoms with Gasteiger partial charge in [0.05, 0.1) is 5.75 Å². The number of guanidine groups is 1. The largest absolute Gasteiger partial charge is 0.484 e. The van der Waals surface area contributed by atoms with Crippen LogP contribution in [0.5, 0.6) is 5.75 Å². The second-order valence-corrected chi connectivity index (χ2v) is 8.87. The molecule has 1 unspecified atom stereocenters. The summed E-state index contributed by atoms with van der Waals surface area (Å²) in [6.45, 7) is 2.41. The Balaban J connectivity index is 0.00000729. The second-order valence-electron chi connectivity index (χ2n) is 6.61. The van der Waals surface area contributed by atoms with Gasteiger partial charge in [-0.05, 0) is 31.0 Å². The molecule has 0 saturated carbocycles. The summed E-state index contributed by atoms with van der Waals surface area (Å²) in [5.41, 5.74) is 0.969. The van der Waals surface area contributed by atoms with E-state index in [2.05, 4.69) is 15.6 Å². The summed E-state index contributed by atoms with van der Waals surface area (Å²) < 4.78 is 28.0. The van der Waals surface area contributed by atoms with Crippen molar-refractivity contribution in [2.24, 2.45) is 4.99 Å². The van der Waals surface area contributed by atoms with Crippen LogP contribution in [0.25, 0.3) is 0 Å². The molecule has 0 aliphatic heterocycles. The molecule has 28 heavy (non-hydrogen) atoms. The SMILES string of the molecule is CN=C(NCc1cccc(OCC(=O)N(C)C)c1)NC(C)CCS(C)(=O)=O.I. The Kier molecular flexibility index (Phi) is 12.1. The standard InChI is InChI=1S/C18H30N4O4S.HI/c1-14(9-10-27(5,24)25)21-18(19-2)20-12-15-7-6-8-16(11-15)26-13-17(23)22(3)4;/h6-8,11,14H,9-10,12-13H2,1-5H3,(H2,19,20,21);1H. The number of hydrogen-bond acceptors (Lipinski definition) is 5. The third-order valence-electron chi connectivity index (χ3n) is 3.75. The quantitative estimate of drug-likeness (QED) is 0.286. The number of nitrogens with zero attached hydrogens (tertiary/aromatic N) is 2. The van der Waals surface area contributed by atoms with Crippen molar-refractivity contribution in [2.45, 2.75) is 25.9 Å². The lowest BCUT2D eigenvalue weighted by Gasteiger charge is -2.18. The lowest BCUT2D eigenvalue weighted by Crippen LogP contribution is -2.42. The second kappa shape index (κ2) is 12.8. The Bertz CT molecular complexity index is 754. The van der Waals surface area contributed by atoms with Gasteiger partial charge < -0.3 is 20.3 Å². The van der Waals surface area contributed by atoms with Gasteiger partial charge >= 0.3 is 0 Å². The fourth-order valence-corrected chi connectivity index (χ4v) is 2.88. The number of rotatable bonds is 9. The Hall–Kier alpha value is -1.56. The fraction of sp³-hybridized carbons (Fsp3) is 0.556. The highest BCUT2D eigenvalue weighted by Crippen LogP contribution is 2.13. The molecule has 0 spiro atoms. The van der Waals surface area contributed by atoms with Crippen LogP contribution in [0.1, 0.15) is 18.9 Å². The number of nitrogens with one attached hydrogen (secondary N) is 2. The topological polar surface area (TPSA) is 100 Å². The molecule has 0 aliphatic rings. The Morgan fingerprint density at radius 3 is 2.57 bits per heavy atom. The van der Waals surface area contributed by atoms with Crippen molar-refractivity contribution >= 4 is 45.7 Å². The number of aliphatic imine (C=N–C) groups is 1. The Morgan fingerprint density at radius 1 is 1.32 bits per heavy atom. The predicted octanol–water partition coefficient (Wildman–Crippen LogP) is 1.26. The zero-order chi connectivity index (χ0) is 20.4. The van der Waals surface area contributed by atoms with E-state index in [0.717, 1.165) is 5.56 Å². The normalized spacial score (nSPS) is 12.5. The number of likely N-dealkylation sites (N-methyl/N-ethyl adjacent to an activating group) is 1. The fourth-order valence-electron chi connectivity index (χ4n) is 2.10. The predicted molar refractivity (Wildman–Crippen MR) is 123 cm³/mol. The van der Waals surface area contributed by atoms with Gasteiger partial charge in [0.2, 0.25) is 0 Å². The molecule has 1 rings (SSSR count). The van der Waals surface area contributed by atoms with Crippen LogP contribution < -0.4 is 15.4 Å². The molecule has 2 N–H and O–H groups in total. The van der Waals surface area contributed by atoms with E-state index in [1.165, 1.54) is 11.2 Å². The van der Waals surface area contributed by atoms with Crippen LogP contribution in [0.15, 0.2) is 29.3 Å². The molecule has 1 aromatic rings. The first kappa shape index (κ1) is 26.4. The molecule has 1 aromatic carbocycles. The van der Waals surface area contributed by atoms with Crippen LogP contribution in [0.3, 0.4) is 0 Å². The first-order valence-electron chi connectivity index (χ1n) is 8.67. The summed E-state index contributed by atoms with van der Waals surface area (Å²) in [5.74, 6) is 1.23. The lowest BCUT2D eigenvalue weighted by molar-refractivity contribution is -0.130. The monoisotopic (exact) mass is 526 g/mol. The van der Waals surface area contributed by atoms with E-state index in [9.17, 15) is 13.2 Å². The number of sulfone groups is 1. The van der Waals surface area contributed by atoms with Crippen molar-refractivity contribution in [3.8, 4) is 5.75 Å². The van der Waals surface area contributed by atoms with Gasteiger partial charge in [0.15, 0.2) is 12.6 Å². The molecule has 0 bridgehead atoms. The summed E-state index contributed by atoms with van der Waals surface area (Å²) in [6.07, 6.45) is 1.73. The molecule has 1 atom stereocenters. The van der Waals surface area contributed by atoms with Gasteiger partial charge in [-0.1, -0.05) is 12.1 Å². The Morgan fingerprint density at radius 2 is 2.00 bits per heavy atom. The number of halogens is 1. The number of benzene rings is 1. The highest BCUT2D eigenvalue weighted by atomic mass is 127. The van der Waals surface area contributed by atoms with E-state index in [-0.39, 0.29) is 48.3 Å². The molecular weight excluding hydrogens is 495 g/mol. The van der Waals surface area contributed by atoms with Crippen molar-refractivity contribution in [3.05, 3.63) is 29.8 Å². The van der Waals surface area contributed by atoms with E-state index in [1.807, 2.05) is 25.1 Å².